The lowest BCUT2D eigenvalue weighted by Crippen LogP contribution is -2.38. The molecular formula is C11H13N3O5. The van der Waals surface area contributed by atoms with Crippen molar-refractivity contribution in [3.05, 3.63) is 28.5 Å². The number of H-pyrrole nitrogens is 1. The van der Waals surface area contributed by atoms with Gasteiger partial charge in [0.05, 0.1) is 12.7 Å². The number of hydrogen-bond donors (Lipinski definition) is 3. The molecule has 3 heterocycles. The SMILES string of the molecule is O=c1ncc2c([nH]1)N([C@H]1C[C@H](O)[C@@H](CO)O1)OC=C2. The van der Waals surface area contributed by atoms with Crippen LogP contribution in [0.5, 0.6) is 0 Å². The van der Waals surface area contributed by atoms with Crippen LogP contribution in [-0.2, 0) is 9.57 Å². The van der Waals surface area contributed by atoms with Crippen molar-refractivity contribution in [3.63, 3.8) is 0 Å². The van der Waals surface area contributed by atoms with E-state index in [1.54, 1.807) is 6.08 Å². The molecule has 0 unspecified atom stereocenters. The van der Waals surface area contributed by atoms with Crippen molar-refractivity contribution in [1.29, 1.82) is 0 Å². The average molecular weight is 267 g/mol. The van der Waals surface area contributed by atoms with Gasteiger partial charge in [0.15, 0.2) is 12.0 Å². The Hall–Kier alpha value is -1.90. The summed E-state index contributed by atoms with van der Waals surface area (Å²) in [5.41, 5.74) is 0.177. The van der Waals surface area contributed by atoms with Gasteiger partial charge in [0, 0.05) is 18.2 Å². The highest BCUT2D eigenvalue weighted by molar-refractivity contribution is 5.63. The molecule has 102 valence electrons. The Bertz CT molecular complexity index is 558. The molecule has 1 aromatic rings. The van der Waals surface area contributed by atoms with Gasteiger partial charge in [0.2, 0.25) is 0 Å². The molecule has 3 rings (SSSR count). The number of anilines is 1. The number of aromatic amines is 1. The number of fused-ring (bicyclic) bond motifs is 1. The fraction of sp³-hybridized carbons (Fsp3) is 0.455. The second kappa shape index (κ2) is 4.65. The number of hydroxylamine groups is 1. The summed E-state index contributed by atoms with van der Waals surface area (Å²) in [4.78, 5) is 22.8. The minimum Gasteiger partial charge on any atom is -0.394 e. The van der Waals surface area contributed by atoms with Crippen molar-refractivity contribution < 1.29 is 19.8 Å². The van der Waals surface area contributed by atoms with Crippen LogP contribution in [0.3, 0.4) is 0 Å². The molecule has 0 bridgehead atoms. The van der Waals surface area contributed by atoms with Crippen molar-refractivity contribution in [1.82, 2.24) is 9.97 Å². The quantitative estimate of drug-likeness (QED) is 0.628. The molecule has 0 amide bonds. The second-order valence-corrected chi connectivity index (χ2v) is 4.34. The van der Waals surface area contributed by atoms with Gasteiger partial charge in [-0.25, -0.2) is 9.78 Å². The smallest absolute Gasteiger partial charge is 0.346 e. The molecule has 3 atom stereocenters. The first kappa shape index (κ1) is 12.2. The van der Waals surface area contributed by atoms with Crippen LogP contribution >= 0.6 is 0 Å². The van der Waals surface area contributed by atoms with Crippen LogP contribution in [0.1, 0.15) is 12.0 Å². The van der Waals surface area contributed by atoms with Crippen molar-refractivity contribution >= 4 is 11.9 Å². The van der Waals surface area contributed by atoms with Crippen LogP contribution in [0.25, 0.3) is 6.08 Å². The molecule has 1 aromatic heterocycles. The van der Waals surface area contributed by atoms with E-state index in [4.69, 9.17) is 14.7 Å². The molecule has 1 saturated heterocycles. The summed E-state index contributed by atoms with van der Waals surface area (Å²) in [5, 5.41) is 20.1. The van der Waals surface area contributed by atoms with Crippen LogP contribution in [0, 0.1) is 0 Å². The Morgan fingerprint density at radius 2 is 2.42 bits per heavy atom. The predicted molar refractivity (Wildman–Crippen MR) is 63.8 cm³/mol. The average Bonchev–Trinajstić information content (AvgIpc) is 2.79. The summed E-state index contributed by atoms with van der Waals surface area (Å²) in [6, 6.07) is 0. The van der Waals surface area contributed by atoms with E-state index >= 15 is 0 Å². The first-order valence-corrected chi connectivity index (χ1v) is 5.85. The van der Waals surface area contributed by atoms with Crippen molar-refractivity contribution in [3.8, 4) is 0 Å². The van der Waals surface area contributed by atoms with Gasteiger partial charge in [-0.05, 0) is 6.08 Å². The highest BCUT2D eigenvalue weighted by Crippen LogP contribution is 2.30. The molecule has 2 aliphatic rings. The fourth-order valence-corrected chi connectivity index (χ4v) is 2.16. The van der Waals surface area contributed by atoms with E-state index in [1.807, 2.05) is 0 Å². The Morgan fingerprint density at radius 1 is 1.58 bits per heavy atom. The third-order valence-corrected chi connectivity index (χ3v) is 3.11. The molecule has 2 aliphatic heterocycles. The van der Waals surface area contributed by atoms with Gasteiger partial charge in [-0.15, -0.1) is 0 Å². The minimum absolute atomic E-state index is 0.267. The van der Waals surface area contributed by atoms with Gasteiger partial charge < -0.3 is 19.8 Å². The number of rotatable bonds is 2. The standard InChI is InChI=1S/C11H13N3O5/c15-5-8-7(16)3-9(19-8)14-10-6(1-2-18-14)4-12-11(17)13-10/h1-2,4,7-9,15-16H,3,5H2,(H,12,13,17)/t7-,8+,9+/m0/s1. The molecule has 3 N–H and O–H groups in total. The molecule has 0 aliphatic carbocycles. The summed E-state index contributed by atoms with van der Waals surface area (Å²) in [6.45, 7) is -0.277. The monoisotopic (exact) mass is 267 g/mol. The van der Waals surface area contributed by atoms with Gasteiger partial charge in [0.1, 0.15) is 12.4 Å². The fourth-order valence-electron chi connectivity index (χ4n) is 2.16. The zero-order valence-corrected chi connectivity index (χ0v) is 9.89. The maximum Gasteiger partial charge on any atom is 0.346 e. The number of nitrogens with zero attached hydrogens (tertiary/aromatic N) is 2. The molecule has 0 spiro atoms. The normalized spacial score (nSPS) is 29.2. The van der Waals surface area contributed by atoms with Crippen molar-refractivity contribution in [2.75, 3.05) is 11.7 Å². The Balaban J connectivity index is 1.90. The zero-order valence-electron chi connectivity index (χ0n) is 9.89. The number of aliphatic hydroxyl groups excluding tert-OH is 2. The molecule has 0 aromatic carbocycles. The second-order valence-electron chi connectivity index (χ2n) is 4.34. The topological polar surface area (TPSA) is 108 Å². The van der Waals surface area contributed by atoms with E-state index in [0.29, 0.717) is 11.4 Å². The molecule has 8 nitrogen and oxygen atoms in total. The molecule has 0 saturated carbocycles. The number of nitrogens with one attached hydrogen (secondary N) is 1. The minimum atomic E-state index is -0.776. The van der Waals surface area contributed by atoms with E-state index in [9.17, 15) is 9.90 Å². The molecule has 19 heavy (non-hydrogen) atoms. The lowest BCUT2D eigenvalue weighted by molar-refractivity contribution is -0.0472. The molecular weight excluding hydrogens is 254 g/mol. The maximum absolute atomic E-state index is 11.3. The largest absolute Gasteiger partial charge is 0.394 e. The summed E-state index contributed by atoms with van der Waals surface area (Å²) < 4.78 is 5.48. The van der Waals surface area contributed by atoms with Gasteiger partial charge >= 0.3 is 5.69 Å². The lowest BCUT2D eigenvalue weighted by Gasteiger charge is -2.30. The van der Waals surface area contributed by atoms with Crippen LogP contribution in [0.2, 0.25) is 0 Å². The van der Waals surface area contributed by atoms with Crippen LogP contribution in [-0.4, -0.2) is 45.2 Å². The first-order valence-electron chi connectivity index (χ1n) is 5.85. The highest BCUT2D eigenvalue weighted by Gasteiger charge is 2.39. The molecule has 0 radical (unpaired) electrons. The van der Waals surface area contributed by atoms with E-state index < -0.39 is 24.1 Å². The van der Waals surface area contributed by atoms with Gasteiger partial charge in [-0.2, -0.15) is 5.06 Å². The Morgan fingerprint density at radius 3 is 3.16 bits per heavy atom. The summed E-state index contributed by atoms with van der Waals surface area (Å²) in [7, 11) is 0. The lowest BCUT2D eigenvalue weighted by atomic mass is 10.2. The summed E-state index contributed by atoms with van der Waals surface area (Å²) >= 11 is 0. The van der Waals surface area contributed by atoms with E-state index in [1.165, 1.54) is 17.5 Å². The van der Waals surface area contributed by atoms with Gasteiger partial charge in [-0.1, -0.05) is 0 Å². The summed E-state index contributed by atoms with van der Waals surface area (Å²) in [5.74, 6) is 0.415. The molecule has 8 heteroatoms. The first-order chi connectivity index (χ1) is 9.19. The third kappa shape index (κ3) is 2.09. The predicted octanol–water partition coefficient (Wildman–Crippen LogP) is -1.04. The van der Waals surface area contributed by atoms with Gasteiger partial charge in [-0.3, -0.25) is 4.98 Å². The summed E-state index contributed by atoms with van der Waals surface area (Å²) in [6.07, 6.45) is 2.76. The van der Waals surface area contributed by atoms with Crippen molar-refractivity contribution in [2.24, 2.45) is 0 Å². The number of aromatic nitrogens is 2. The van der Waals surface area contributed by atoms with Crippen LogP contribution in [0.15, 0.2) is 17.3 Å². The van der Waals surface area contributed by atoms with E-state index in [-0.39, 0.29) is 13.0 Å². The van der Waals surface area contributed by atoms with E-state index in [0.717, 1.165) is 0 Å². The van der Waals surface area contributed by atoms with Crippen LogP contribution in [0.4, 0.5) is 5.82 Å². The molecule has 1 fully saturated rings. The number of ether oxygens (including phenoxy) is 1. The van der Waals surface area contributed by atoms with Crippen molar-refractivity contribution in [2.45, 2.75) is 24.9 Å². The third-order valence-electron chi connectivity index (χ3n) is 3.11. The van der Waals surface area contributed by atoms with Crippen LogP contribution < -0.4 is 10.8 Å². The maximum atomic E-state index is 11.3. The van der Waals surface area contributed by atoms with E-state index in [2.05, 4.69) is 9.97 Å². The Kier molecular flexibility index (Phi) is 2.97. The Labute approximate surface area is 107 Å². The highest BCUT2D eigenvalue weighted by atomic mass is 16.7. The van der Waals surface area contributed by atoms with Gasteiger partial charge in [0.25, 0.3) is 0 Å². The zero-order chi connectivity index (χ0) is 13.4. The number of hydrogen-bond acceptors (Lipinski definition) is 7. The number of aliphatic hydroxyl groups is 2.